The minimum atomic E-state index is -0.595. The summed E-state index contributed by atoms with van der Waals surface area (Å²) in [4.78, 5) is 24.2. The van der Waals surface area contributed by atoms with Crippen LogP contribution in [0.25, 0.3) is 11.1 Å². The number of benzene rings is 2. The van der Waals surface area contributed by atoms with Crippen molar-refractivity contribution < 1.29 is 14.3 Å². The molecule has 2 aromatic rings. The average Bonchev–Trinajstić information content (AvgIpc) is 2.65. The lowest BCUT2D eigenvalue weighted by molar-refractivity contribution is -0.124. The summed E-state index contributed by atoms with van der Waals surface area (Å²) < 4.78 is 5.14. The second-order valence-corrected chi connectivity index (χ2v) is 5.66. The molecule has 0 heterocycles. The van der Waals surface area contributed by atoms with E-state index >= 15 is 0 Å². The highest BCUT2D eigenvalue weighted by Crippen LogP contribution is 2.27. The van der Waals surface area contributed by atoms with E-state index < -0.39 is 5.97 Å². The third-order valence-electron chi connectivity index (χ3n) is 3.84. The summed E-state index contributed by atoms with van der Waals surface area (Å²) in [6, 6.07) is 16.1. The van der Waals surface area contributed by atoms with Gasteiger partial charge in [-0.3, -0.25) is 4.79 Å². The molecule has 0 bridgehead atoms. The zero-order valence-electron chi connectivity index (χ0n) is 14.3. The summed E-state index contributed by atoms with van der Waals surface area (Å²) >= 11 is 0. The fourth-order valence-electron chi connectivity index (χ4n) is 2.34. The predicted molar refractivity (Wildman–Crippen MR) is 94.8 cm³/mol. The molecule has 0 aliphatic rings. The number of hydrogen-bond acceptors (Lipinski definition) is 4. The smallest absolute Gasteiger partial charge is 0.339 e. The molecule has 0 spiro atoms. The van der Waals surface area contributed by atoms with Gasteiger partial charge in [0.2, 0.25) is 0 Å². The summed E-state index contributed by atoms with van der Waals surface area (Å²) in [6.07, 6.45) is 0.799. The average molecular weight is 336 g/mol. The van der Waals surface area contributed by atoms with Gasteiger partial charge in [0.05, 0.1) is 17.2 Å². The molecule has 0 saturated heterocycles. The highest BCUT2D eigenvalue weighted by Gasteiger charge is 2.17. The van der Waals surface area contributed by atoms with Crippen LogP contribution in [0.2, 0.25) is 0 Å². The van der Waals surface area contributed by atoms with Crippen molar-refractivity contribution in [3.05, 3.63) is 59.7 Å². The van der Waals surface area contributed by atoms with E-state index in [9.17, 15) is 14.9 Å². The Labute approximate surface area is 147 Å². The zero-order chi connectivity index (χ0) is 18.2. The number of nitrogens with zero attached hydrogens (tertiary/aromatic N) is 1. The van der Waals surface area contributed by atoms with Crippen LogP contribution in [0.3, 0.4) is 0 Å². The Hall–Kier alpha value is -3.13. The minimum Gasteiger partial charge on any atom is -0.452 e. The maximum atomic E-state index is 12.4. The Morgan fingerprint density at radius 2 is 1.76 bits per heavy atom. The van der Waals surface area contributed by atoms with Crippen LogP contribution in [0.1, 0.15) is 36.2 Å². The Morgan fingerprint density at radius 3 is 2.44 bits per heavy atom. The summed E-state index contributed by atoms with van der Waals surface area (Å²) in [5.74, 6) is -0.930. The number of carbonyl (C=O) groups is 2. The molecule has 0 aromatic heterocycles. The first kappa shape index (κ1) is 18.2. The molecule has 128 valence electrons. The Bertz CT molecular complexity index is 809. The molecule has 2 rings (SSSR count). The zero-order valence-corrected chi connectivity index (χ0v) is 14.3. The molecular weight excluding hydrogens is 316 g/mol. The summed E-state index contributed by atoms with van der Waals surface area (Å²) in [5, 5.41) is 12.0. The van der Waals surface area contributed by atoms with E-state index in [0.29, 0.717) is 22.3 Å². The number of nitriles is 1. The van der Waals surface area contributed by atoms with Crippen LogP contribution in [-0.4, -0.2) is 24.5 Å². The van der Waals surface area contributed by atoms with Crippen LogP contribution in [0, 0.1) is 11.3 Å². The van der Waals surface area contributed by atoms with Crippen molar-refractivity contribution in [1.29, 1.82) is 5.26 Å². The van der Waals surface area contributed by atoms with Crippen molar-refractivity contribution in [1.82, 2.24) is 5.32 Å². The molecule has 1 N–H and O–H groups in total. The van der Waals surface area contributed by atoms with Gasteiger partial charge >= 0.3 is 5.97 Å². The molecule has 1 atom stereocenters. The first-order chi connectivity index (χ1) is 12.1. The lowest BCUT2D eigenvalue weighted by atomic mass is 9.96. The van der Waals surface area contributed by atoms with E-state index in [1.165, 1.54) is 0 Å². The quantitative estimate of drug-likeness (QED) is 0.821. The van der Waals surface area contributed by atoms with Crippen LogP contribution in [-0.2, 0) is 9.53 Å². The number of nitrogens with one attached hydrogen (secondary N) is 1. The number of esters is 1. The number of amides is 1. The van der Waals surface area contributed by atoms with E-state index in [-0.39, 0.29) is 18.6 Å². The standard InChI is InChI=1S/C20H20N2O3/c1-3-14(2)22-19(23)13-25-20(24)18-11-7-6-10-17(18)16-9-5-4-8-15(16)12-21/h4-11,14H,3,13H2,1-2H3,(H,22,23)/t14-/m0/s1. The van der Waals surface area contributed by atoms with E-state index in [1.807, 2.05) is 13.8 Å². The van der Waals surface area contributed by atoms with Crippen LogP contribution in [0.5, 0.6) is 0 Å². The monoisotopic (exact) mass is 336 g/mol. The normalized spacial score (nSPS) is 11.2. The summed E-state index contributed by atoms with van der Waals surface area (Å²) in [6.45, 7) is 3.51. The van der Waals surface area contributed by atoms with Gasteiger partial charge in [0, 0.05) is 11.6 Å². The first-order valence-corrected chi connectivity index (χ1v) is 8.11. The Balaban J connectivity index is 2.19. The van der Waals surface area contributed by atoms with Gasteiger partial charge in [-0.1, -0.05) is 43.3 Å². The van der Waals surface area contributed by atoms with Gasteiger partial charge in [-0.25, -0.2) is 4.79 Å². The molecule has 0 fully saturated rings. The molecule has 5 nitrogen and oxygen atoms in total. The van der Waals surface area contributed by atoms with E-state index in [4.69, 9.17) is 4.74 Å². The van der Waals surface area contributed by atoms with Gasteiger partial charge in [0.1, 0.15) is 0 Å². The fraction of sp³-hybridized carbons (Fsp3) is 0.250. The van der Waals surface area contributed by atoms with Gasteiger partial charge in [-0.05, 0) is 31.0 Å². The van der Waals surface area contributed by atoms with E-state index in [1.54, 1.807) is 48.5 Å². The molecule has 0 aliphatic carbocycles. The molecular formula is C20H20N2O3. The second-order valence-electron chi connectivity index (χ2n) is 5.66. The molecule has 0 aliphatic heterocycles. The number of rotatable bonds is 6. The Kier molecular flexibility index (Phi) is 6.30. The molecule has 0 unspecified atom stereocenters. The number of ether oxygens (including phenoxy) is 1. The lowest BCUT2D eigenvalue weighted by Gasteiger charge is -2.13. The number of carbonyl (C=O) groups excluding carboxylic acids is 2. The third-order valence-corrected chi connectivity index (χ3v) is 3.84. The molecule has 0 radical (unpaired) electrons. The van der Waals surface area contributed by atoms with Crippen molar-refractivity contribution >= 4 is 11.9 Å². The van der Waals surface area contributed by atoms with Crippen molar-refractivity contribution in [2.75, 3.05) is 6.61 Å². The van der Waals surface area contributed by atoms with Crippen molar-refractivity contribution in [2.24, 2.45) is 0 Å². The van der Waals surface area contributed by atoms with Crippen LogP contribution < -0.4 is 5.32 Å². The van der Waals surface area contributed by atoms with Gasteiger partial charge < -0.3 is 10.1 Å². The maximum Gasteiger partial charge on any atom is 0.339 e. The second kappa shape index (κ2) is 8.65. The van der Waals surface area contributed by atoms with Gasteiger partial charge in [0.25, 0.3) is 5.91 Å². The fourth-order valence-corrected chi connectivity index (χ4v) is 2.34. The molecule has 5 heteroatoms. The largest absolute Gasteiger partial charge is 0.452 e. The first-order valence-electron chi connectivity index (χ1n) is 8.11. The maximum absolute atomic E-state index is 12.4. The topological polar surface area (TPSA) is 79.2 Å². The highest BCUT2D eigenvalue weighted by molar-refractivity contribution is 5.98. The molecule has 2 aromatic carbocycles. The lowest BCUT2D eigenvalue weighted by Crippen LogP contribution is -2.35. The van der Waals surface area contributed by atoms with Gasteiger partial charge in [-0.2, -0.15) is 5.26 Å². The van der Waals surface area contributed by atoms with Crippen molar-refractivity contribution in [3.63, 3.8) is 0 Å². The molecule has 1 amide bonds. The van der Waals surface area contributed by atoms with E-state index in [0.717, 1.165) is 6.42 Å². The molecule has 25 heavy (non-hydrogen) atoms. The SMILES string of the molecule is CC[C@H](C)NC(=O)COC(=O)c1ccccc1-c1ccccc1C#N. The van der Waals surface area contributed by atoms with Crippen LogP contribution in [0.15, 0.2) is 48.5 Å². The van der Waals surface area contributed by atoms with Crippen molar-refractivity contribution in [2.45, 2.75) is 26.3 Å². The van der Waals surface area contributed by atoms with Crippen molar-refractivity contribution in [3.8, 4) is 17.2 Å². The molecule has 0 saturated carbocycles. The summed E-state index contributed by atoms with van der Waals surface area (Å²) in [5.41, 5.74) is 2.05. The van der Waals surface area contributed by atoms with Gasteiger partial charge in [-0.15, -0.1) is 0 Å². The number of hydrogen-bond donors (Lipinski definition) is 1. The predicted octanol–water partition coefficient (Wildman–Crippen LogP) is 3.30. The van der Waals surface area contributed by atoms with Crippen LogP contribution in [0.4, 0.5) is 0 Å². The summed E-state index contributed by atoms with van der Waals surface area (Å²) in [7, 11) is 0. The van der Waals surface area contributed by atoms with E-state index in [2.05, 4.69) is 11.4 Å². The Morgan fingerprint density at radius 1 is 1.12 bits per heavy atom. The van der Waals surface area contributed by atoms with Gasteiger partial charge in [0.15, 0.2) is 6.61 Å². The van der Waals surface area contributed by atoms with Crippen LogP contribution >= 0.6 is 0 Å². The third kappa shape index (κ3) is 4.67. The highest BCUT2D eigenvalue weighted by atomic mass is 16.5. The minimum absolute atomic E-state index is 0.0287.